The van der Waals surface area contributed by atoms with Crippen LogP contribution in [0, 0.1) is 11.3 Å². The second-order valence-corrected chi connectivity index (χ2v) is 7.31. The highest BCUT2D eigenvalue weighted by atomic mass is 16.1. The van der Waals surface area contributed by atoms with E-state index in [4.69, 9.17) is 5.26 Å². The van der Waals surface area contributed by atoms with E-state index < -0.39 is 5.41 Å². The predicted molar refractivity (Wildman–Crippen MR) is 124 cm³/mol. The largest absolute Gasteiger partial charge is 0.325 e. The SMILES string of the molecule is N#CCC(=O)Nc1ccc(C(c2ccccc2)(c2ccccc2)c2ccccc2)cc1. The molecule has 0 radical (unpaired) electrons. The molecule has 150 valence electrons. The first kappa shape index (κ1) is 20.1. The Morgan fingerprint density at radius 3 is 1.42 bits per heavy atom. The van der Waals surface area contributed by atoms with Gasteiger partial charge in [0.1, 0.15) is 6.42 Å². The number of nitrogens with one attached hydrogen (secondary N) is 1. The van der Waals surface area contributed by atoms with Gasteiger partial charge in [-0.2, -0.15) is 5.26 Å². The number of hydrogen-bond donors (Lipinski definition) is 1. The van der Waals surface area contributed by atoms with E-state index in [1.165, 1.54) is 0 Å². The molecule has 3 nitrogen and oxygen atoms in total. The third kappa shape index (κ3) is 3.97. The molecule has 3 heteroatoms. The molecule has 0 atom stereocenters. The molecule has 0 aliphatic carbocycles. The Balaban J connectivity index is 1.93. The number of rotatable bonds is 6. The van der Waals surface area contributed by atoms with Crippen LogP contribution in [0.3, 0.4) is 0 Å². The fourth-order valence-electron chi connectivity index (χ4n) is 4.15. The fourth-order valence-corrected chi connectivity index (χ4v) is 4.15. The third-order valence-electron chi connectivity index (χ3n) is 5.46. The molecule has 0 saturated heterocycles. The van der Waals surface area contributed by atoms with Gasteiger partial charge < -0.3 is 5.32 Å². The third-order valence-corrected chi connectivity index (χ3v) is 5.46. The van der Waals surface area contributed by atoms with Crippen LogP contribution in [0.25, 0.3) is 0 Å². The van der Waals surface area contributed by atoms with E-state index in [1.54, 1.807) is 0 Å². The Hall–Kier alpha value is -4.16. The van der Waals surface area contributed by atoms with Crippen LogP contribution >= 0.6 is 0 Å². The molecule has 0 unspecified atom stereocenters. The summed E-state index contributed by atoms with van der Waals surface area (Å²) in [5.74, 6) is -0.310. The van der Waals surface area contributed by atoms with Gasteiger partial charge in [0.2, 0.25) is 5.91 Å². The maximum atomic E-state index is 11.8. The maximum Gasteiger partial charge on any atom is 0.238 e. The molecule has 0 spiro atoms. The van der Waals surface area contributed by atoms with Crippen molar-refractivity contribution in [2.75, 3.05) is 5.32 Å². The molecule has 31 heavy (non-hydrogen) atoms. The molecule has 0 saturated carbocycles. The highest BCUT2D eigenvalue weighted by Gasteiger charge is 2.38. The second-order valence-electron chi connectivity index (χ2n) is 7.31. The van der Waals surface area contributed by atoms with Crippen LogP contribution in [0.1, 0.15) is 28.7 Å². The van der Waals surface area contributed by atoms with Crippen LogP contribution in [-0.4, -0.2) is 5.91 Å². The molecule has 0 aromatic heterocycles. The van der Waals surface area contributed by atoms with Gasteiger partial charge >= 0.3 is 0 Å². The minimum absolute atomic E-state index is 0.163. The second kappa shape index (κ2) is 9.11. The number of amides is 1. The van der Waals surface area contributed by atoms with Crippen molar-refractivity contribution in [2.24, 2.45) is 0 Å². The molecule has 4 aromatic carbocycles. The van der Waals surface area contributed by atoms with E-state index in [-0.39, 0.29) is 12.3 Å². The lowest BCUT2D eigenvalue weighted by Crippen LogP contribution is -2.31. The predicted octanol–water partition coefficient (Wildman–Crippen LogP) is 5.92. The zero-order chi connectivity index (χ0) is 21.5. The lowest BCUT2D eigenvalue weighted by molar-refractivity contribution is -0.115. The molecule has 0 fully saturated rings. The van der Waals surface area contributed by atoms with Gasteiger partial charge in [-0.3, -0.25) is 4.79 Å². The van der Waals surface area contributed by atoms with Gasteiger partial charge in [-0.25, -0.2) is 0 Å². The van der Waals surface area contributed by atoms with Gasteiger partial charge in [-0.1, -0.05) is 103 Å². The summed E-state index contributed by atoms with van der Waals surface area (Å²) >= 11 is 0. The summed E-state index contributed by atoms with van der Waals surface area (Å²) in [5, 5.41) is 11.5. The van der Waals surface area contributed by atoms with E-state index in [2.05, 4.69) is 90.2 Å². The number of anilines is 1. The highest BCUT2D eigenvalue weighted by molar-refractivity contribution is 5.92. The molecule has 1 N–H and O–H groups in total. The Kier molecular flexibility index (Phi) is 5.91. The summed E-state index contributed by atoms with van der Waals surface area (Å²) in [6.45, 7) is 0. The Bertz CT molecular complexity index is 1080. The molecule has 0 aliphatic rings. The zero-order valence-electron chi connectivity index (χ0n) is 17.0. The van der Waals surface area contributed by atoms with Crippen LogP contribution < -0.4 is 5.32 Å². The lowest BCUT2D eigenvalue weighted by Gasteiger charge is -2.37. The van der Waals surface area contributed by atoms with Crippen molar-refractivity contribution in [2.45, 2.75) is 11.8 Å². The lowest BCUT2D eigenvalue weighted by atomic mass is 9.65. The number of carbonyl (C=O) groups is 1. The molecule has 4 aromatic rings. The van der Waals surface area contributed by atoms with Gasteiger partial charge in [0, 0.05) is 5.69 Å². The first-order valence-corrected chi connectivity index (χ1v) is 10.2. The molecule has 4 rings (SSSR count). The van der Waals surface area contributed by atoms with Crippen molar-refractivity contribution in [3.8, 4) is 6.07 Å². The molecular weight excluding hydrogens is 380 g/mol. The highest BCUT2D eigenvalue weighted by Crippen LogP contribution is 2.45. The van der Waals surface area contributed by atoms with Crippen LogP contribution in [0.5, 0.6) is 0 Å². The molecule has 1 amide bonds. The number of nitriles is 1. The van der Waals surface area contributed by atoms with Crippen molar-refractivity contribution in [1.82, 2.24) is 0 Å². The molecule has 0 bridgehead atoms. The normalized spacial score (nSPS) is 10.8. The van der Waals surface area contributed by atoms with Gasteiger partial charge in [0.15, 0.2) is 0 Å². The van der Waals surface area contributed by atoms with E-state index >= 15 is 0 Å². The van der Waals surface area contributed by atoms with E-state index in [0.29, 0.717) is 5.69 Å². The monoisotopic (exact) mass is 402 g/mol. The van der Waals surface area contributed by atoms with Crippen molar-refractivity contribution in [1.29, 1.82) is 5.26 Å². The number of carbonyl (C=O) groups excluding carboxylic acids is 1. The van der Waals surface area contributed by atoms with Crippen LogP contribution in [-0.2, 0) is 10.2 Å². The van der Waals surface area contributed by atoms with E-state index in [0.717, 1.165) is 22.3 Å². The first-order valence-electron chi connectivity index (χ1n) is 10.2. The first-order chi connectivity index (χ1) is 15.2. The summed E-state index contributed by atoms with van der Waals surface area (Å²) in [7, 11) is 0. The van der Waals surface area contributed by atoms with Gasteiger partial charge in [0.25, 0.3) is 0 Å². The quantitative estimate of drug-likeness (QED) is 0.407. The van der Waals surface area contributed by atoms with Crippen LogP contribution in [0.2, 0.25) is 0 Å². The summed E-state index contributed by atoms with van der Waals surface area (Å²) in [4.78, 5) is 11.8. The van der Waals surface area contributed by atoms with E-state index in [1.807, 2.05) is 36.4 Å². The van der Waals surface area contributed by atoms with Crippen molar-refractivity contribution in [3.05, 3.63) is 138 Å². The minimum atomic E-state index is -0.515. The minimum Gasteiger partial charge on any atom is -0.325 e. The van der Waals surface area contributed by atoms with Gasteiger partial charge in [0.05, 0.1) is 11.5 Å². The fraction of sp³-hybridized carbons (Fsp3) is 0.0714. The summed E-state index contributed by atoms with van der Waals surface area (Å²) in [6.07, 6.45) is -0.163. The molecule has 0 aliphatic heterocycles. The standard InChI is InChI=1S/C28H22N2O/c29-21-20-27(31)30-26-18-16-25(17-19-26)28(22-10-4-1-5-11-22,23-12-6-2-7-13-23)24-14-8-3-9-15-24/h1-19H,20H2,(H,30,31). The number of nitrogens with zero attached hydrogens (tertiary/aromatic N) is 1. The van der Waals surface area contributed by atoms with Crippen LogP contribution in [0.15, 0.2) is 115 Å². The average molecular weight is 402 g/mol. The molecular formula is C28H22N2O. The van der Waals surface area contributed by atoms with E-state index in [9.17, 15) is 4.79 Å². The topological polar surface area (TPSA) is 52.9 Å². The average Bonchev–Trinajstić information content (AvgIpc) is 2.83. The zero-order valence-corrected chi connectivity index (χ0v) is 17.0. The molecule has 0 heterocycles. The Morgan fingerprint density at radius 1 is 0.645 bits per heavy atom. The summed E-state index contributed by atoms with van der Waals surface area (Å²) in [5.41, 5.74) is 4.73. The smallest absolute Gasteiger partial charge is 0.238 e. The van der Waals surface area contributed by atoms with Crippen LogP contribution in [0.4, 0.5) is 5.69 Å². The van der Waals surface area contributed by atoms with Gasteiger partial charge in [-0.05, 0) is 34.4 Å². The Morgan fingerprint density at radius 2 is 1.03 bits per heavy atom. The maximum absolute atomic E-state index is 11.8. The summed E-state index contributed by atoms with van der Waals surface area (Å²) < 4.78 is 0. The summed E-state index contributed by atoms with van der Waals surface area (Å²) in [6, 6.07) is 41.2. The number of hydrogen-bond acceptors (Lipinski definition) is 2. The number of benzene rings is 4. The Labute approximate surface area is 182 Å². The van der Waals surface area contributed by atoms with Gasteiger partial charge in [-0.15, -0.1) is 0 Å². The van der Waals surface area contributed by atoms with Crippen molar-refractivity contribution >= 4 is 11.6 Å². The van der Waals surface area contributed by atoms with Crippen molar-refractivity contribution in [3.63, 3.8) is 0 Å². The van der Waals surface area contributed by atoms with Crippen molar-refractivity contribution < 1.29 is 4.79 Å².